The van der Waals surface area contributed by atoms with Crippen molar-refractivity contribution >= 4 is 5.91 Å². The van der Waals surface area contributed by atoms with E-state index in [0.29, 0.717) is 19.8 Å². The second-order valence-electron chi connectivity index (χ2n) is 7.16. The quantitative estimate of drug-likeness (QED) is 0.844. The predicted molar refractivity (Wildman–Crippen MR) is 93.8 cm³/mol. The topological polar surface area (TPSA) is 51.7 Å². The molecule has 25 heavy (non-hydrogen) atoms. The van der Waals surface area contributed by atoms with Gasteiger partial charge in [0.15, 0.2) is 0 Å². The van der Waals surface area contributed by atoms with Crippen molar-refractivity contribution in [1.82, 2.24) is 9.88 Å². The lowest BCUT2D eigenvalue weighted by Gasteiger charge is -2.32. The van der Waals surface area contributed by atoms with Crippen molar-refractivity contribution in [2.24, 2.45) is 0 Å². The molecule has 1 amide bonds. The fourth-order valence-electron chi connectivity index (χ4n) is 4.25. The Hall–Kier alpha value is -1.72. The van der Waals surface area contributed by atoms with Crippen LogP contribution in [0.3, 0.4) is 0 Å². The number of allylic oxidation sites excluding steroid dienone is 1. The van der Waals surface area contributed by atoms with Crippen molar-refractivity contribution in [3.05, 3.63) is 41.7 Å². The molecule has 0 radical (unpaired) electrons. The molecule has 2 heterocycles. The number of rotatable bonds is 4. The standard InChI is InChI=1S/C20H26N2O3/c23-20(16-6-2-1-3-7-16)22-11-12-24-18-9-8-17(22)19(18)25-14-15-5-4-10-21-13-15/h4-6,10,13,17-19H,1-3,7-9,11-12,14H2/t17-,18-,19+/m0/s1. The number of hydrogen-bond acceptors (Lipinski definition) is 4. The summed E-state index contributed by atoms with van der Waals surface area (Å²) in [5, 5.41) is 0. The van der Waals surface area contributed by atoms with E-state index in [9.17, 15) is 4.79 Å². The number of carbonyl (C=O) groups excluding carboxylic acids is 1. The van der Waals surface area contributed by atoms with Crippen molar-refractivity contribution < 1.29 is 14.3 Å². The van der Waals surface area contributed by atoms with E-state index in [1.165, 1.54) is 6.42 Å². The van der Waals surface area contributed by atoms with Crippen LogP contribution in [0.2, 0.25) is 0 Å². The SMILES string of the molecule is O=C(C1=CCCCC1)N1CCO[C@H]2CC[C@H]1[C@H]2OCc1cccnc1. The molecule has 134 valence electrons. The van der Waals surface area contributed by atoms with E-state index in [2.05, 4.69) is 11.1 Å². The summed E-state index contributed by atoms with van der Waals surface area (Å²) < 4.78 is 12.2. The number of amides is 1. The Labute approximate surface area is 149 Å². The second kappa shape index (κ2) is 7.67. The van der Waals surface area contributed by atoms with Gasteiger partial charge < -0.3 is 14.4 Å². The summed E-state index contributed by atoms with van der Waals surface area (Å²) >= 11 is 0. The highest BCUT2D eigenvalue weighted by Gasteiger charge is 2.45. The van der Waals surface area contributed by atoms with Gasteiger partial charge in [0, 0.05) is 24.5 Å². The lowest BCUT2D eigenvalue weighted by molar-refractivity contribution is -0.132. The molecule has 1 aliphatic heterocycles. The monoisotopic (exact) mass is 342 g/mol. The van der Waals surface area contributed by atoms with Crippen LogP contribution in [0.15, 0.2) is 36.2 Å². The van der Waals surface area contributed by atoms with Gasteiger partial charge in [-0.15, -0.1) is 0 Å². The number of aromatic nitrogens is 1. The number of hydrogen-bond donors (Lipinski definition) is 0. The Balaban J connectivity index is 1.48. The highest BCUT2D eigenvalue weighted by atomic mass is 16.5. The molecule has 0 N–H and O–H groups in total. The molecule has 2 fully saturated rings. The van der Waals surface area contributed by atoms with Gasteiger partial charge in [-0.1, -0.05) is 12.1 Å². The van der Waals surface area contributed by atoms with Gasteiger partial charge >= 0.3 is 0 Å². The maximum atomic E-state index is 13.1. The number of ether oxygens (including phenoxy) is 2. The third-order valence-electron chi connectivity index (χ3n) is 5.55. The summed E-state index contributed by atoms with van der Waals surface area (Å²) in [6, 6.07) is 4.06. The van der Waals surface area contributed by atoms with Gasteiger partial charge in [0.1, 0.15) is 6.10 Å². The summed E-state index contributed by atoms with van der Waals surface area (Å²) in [5.41, 5.74) is 2.04. The van der Waals surface area contributed by atoms with Gasteiger partial charge in [-0.2, -0.15) is 0 Å². The Morgan fingerprint density at radius 2 is 2.32 bits per heavy atom. The molecule has 0 unspecified atom stereocenters. The van der Waals surface area contributed by atoms with Gasteiger partial charge in [-0.3, -0.25) is 9.78 Å². The molecule has 1 aromatic rings. The molecular formula is C20H26N2O3. The number of nitrogens with zero attached hydrogens (tertiary/aromatic N) is 2. The Bertz CT molecular complexity index is 631. The smallest absolute Gasteiger partial charge is 0.249 e. The molecule has 5 heteroatoms. The van der Waals surface area contributed by atoms with Gasteiger partial charge in [0.25, 0.3) is 0 Å². The zero-order valence-corrected chi connectivity index (χ0v) is 14.6. The minimum Gasteiger partial charge on any atom is -0.374 e. The van der Waals surface area contributed by atoms with E-state index in [0.717, 1.165) is 43.2 Å². The minimum atomic E-state index is -0.0455. The largest absolute Gasteiger partial charge is 0.374 e. The van der Waals surface area contributed by atoms with Crippen LogP contribution >= 0.6 is 0 Å². The van der Waals surface area contributed by atoms with Crippen LogP contribution in [0, 0.1) is 0 Å². The van der Waals surface area contributed by atoms with Crippen LogP contribution in [0.25, 0.3) is 0 Å². The highest BCUT2D eigenvalue weighted by Crippen LogP contribution is 2.34. The van der Waals surface area contributed by atoms with E-state index < -0.39 is 0 Å². The first-order valence-corrected chi connectivity index (χ1v) is 9.45. The minimum absolute atomic E-state index is 0.0455. The molecule has 1 saturated heterocycles. The van der Waals surface area contributed by atoms with Crippen LogP contribution in [0.1, 0.15) is 44.1 Å². The predicted octanol–water partition coefficient (Wildman–Crippen LogP) is 2.86. The van der Waals surface area contributed by atoms with Crippen molar-refractivity contribution in [2.75, 3.05) is 13.2 Å². The summed E-state index contributed by atoms with van der Waals surface area (Å²) in [5.74, 6) is 0.200. The van der Waals surface area contributed by atoms with Gasteiger partial charge in [-0.25, -0.2) is 0 Å². The summed E-state index contributed by atoms with van der Waals surface area (Å²) in [4.78, 5) is 19.2. The molecule has 1 saturated carbocycles. The molecule has 3 aliphatic rings. The number of pyridine rings is 1. The number of carbonyl (C=O) groups is 1. The molecule has 2 bridgehead atoms. The van der Waals surface area contributed by atoms with Crippen molar-refractivity contribution in [3.63, 3.8) is 0 Å². The van der Waals surface area contributed by atoms with E-state index in [1.54, 1.807) is 6.20 Å². The third kappa shape index (κ3) is 3.62. The molecule has 2 aliphatic carbocycles. The van der Waals surface area contributed by atoms with Crippen LogP contribution < -0.4 is 0 Å². The van der Waals surface area contributed by atoms with Crippen LogP contribution in [0.4, 0.5) is 0 Å². The Morgan fingerprint density at radius 1 is 1.36 bits per heavy atom. The third-order valence-corrected chi connectivity index (χ3v) is 5.55. The average molecular weight is 342 g/mol. The Kier molecular flexibility index (Phi) is 5.13. The summed E-state index contributed by atoms with van der Waals surface area (Å²) in [6.45, 7) is 1.79. The molecule has 1 aromatic heterocycles. The zero-order valence-electron chi connectivity index (χ0n) is 14.6. The molecular weight excluding hydrogens is 316 g/mol. The highest BCUT2D eigenvalue weighted by molar-refractivity contribution is 5.93. The first-order chi connectivity index (χ1) is 12.3. The zero-order chi connectivity index (χ0) is 17.1. The number of fused-ring (bicyclic) bond motifs is 2. The molecule has 0 spiro atoms. The van der Waals surface area contributed by atoms with Crippen LogP contribution in [0.5, 0.6) is 0 Å². The van der Waals surface area contributed by atoms with E-state index in [4.69, 9.17) is 9.47 Å². The average Bonchev–Trinajstić information content (AvgIpc) is 2.96. The fraction of sp³-hybridized carbons (Fsp3) is 0.600. The first-order valence-electron chi connectivity index (χ1n) is 9.45. The normalized spacial score (nSPS) is 29.2. The maximum Gasteiger partial charge on any atom is 0.249 e. The van der Waals surface area contributed by atoms with Gasteiger partial charge in [0.05, 0.1) is 25.4 Å². The molecule has 0 aromatic carbocycles. The van der Waals surface area contributed by atoms with Crippen molar-refractivity contribution in [2.45, 2.75) is 63.4 Å². The fourth-order valence-corrected chi connectivity index (χ4v) is 4.25. The lowest BCUT2D eigenvalue weighted by atomic mass is 9.97. The van der Waals surface area contributed by atoms with E-state index >= 15 is 0 Å². The van der Waals surface area contributed by atoms with Gasteiger partial charge in [0.2, 0.25) is 5.91 Å². The first kappa shape index (κ1) is 16.7. The molecule has 4 rings (SSSR count). The van der Waals surface area contributed by atoms with E-state index in [1.807, 2.05) is 23.2 Å². The van der Waals surface area contributed by atoms with Crippen LogP contribution in [-0.2, 0) is 20.9 Å². The maximum absolute atomic E-state index is 13.1. The van der Waals surface area contributed by atoms with E-state index in [-0.39, 0.29) is 24.2 Å². The lowest BCUT2D eigenvalue weighted by Crippen LogP contribution is -2.47. The van der Waals surface area contributed by atoms with Crippen LogP contribution in [-0.4, -0.2) is 47.2 Å². The van der Waals surface area contributed by atoms with Crippen molar-refractivity contribution in [1.29, 1.82) is 0 Å². The summed E-state index contributed by atoms with van der Waals surface area (Å²) in [7, 11) is 0. The molecule has 5 nitrogen and oxygen atoms in total. The molecule has 3 atom stereocenters. The Morgan fingerprint density at radius 3 is 3.12 bits per heavy atom. The second-order valence-corrected chi connectivity index (χ2v) is 7.16. The summed E-state index contributed by atoms with van der Waals surface area (Å²) in [6.07, 6.45) is 12.0. The van der Waals surface area contributed by atoms with Crippen molar-refractivity contribution in [3.8, 4) is 0 Å². The van der Waals surface area contributed by atoms with Gasteiger partial charge in [-0.05, 0) is 50.2 Å².